The van der Waals surface area contributed by atoms with Crippen molar-refractivity contribution in [3.63, 3.8) is 0 Å². The van der Waals surface area contributed by atoms with Crippen LogP contribution in [-0.2, 0) is 0 Å². The first kappa shape index (κ1) is 11.3. The minimum atomic E-state index is 0.166. The van der Waals surface area contributed by atoms with E-state index in [1.807, 2.05) is 26.0 Å². The number of pyridine rings is 1. The van der Waals surface area contributed by atoms with Gasteiger partial charge in [-0.25, -0.2) is 4.68 Å². The molecular weight excluding hydrogens is 214 g/mol. The SMILES string of the molecule is CC(C)n1nc(-c2cccnc2)c(C=N)c1N. The Morgan fingerprint density at radius 1 is 1.47 bits per heavy atom. The van der Waals surface area contributed by atoms with Crippen LogP contribution in [0.1, 0.15) is 25.5 Å². The second kappa shape index (κ2) is 4.37. The third-order valence-electron chi connectivity index (χ3n) is 2.55. The maximum atomic E-state index is 7.45. The monoisotopic (exact) mass is 229 g/mol. The normalized spacial score (nSPS) is 10.8. The maximum Gasteiger partial charge on any atom is 0.131 e. The van der Waals surface area contributed by atoms with Crippen molar-refractivity contribution in [2.24, 2.45) is 0 Å². The molecule has 2 heterocycles. The molecule has 0 radical (unpaired) electrons. The maximum absolute atomic E-state index is 7.45. The molecule has 88 valence electrons. The van der Waals surface area contributed by atoms with Crippen LogP contribution in [-0.4, -0.2) is 21.0 Å². The Morgan fingerprint density at radius 3 is 2.76 bits per heavy atom. The van der Waals surface area contributed by atoms with Crippen LogP contribution in [0.15, 0.2) is 24.5 Å². The fourth-order valence-corrected chi connectivity index (χ4v) is 1.71. The van der Waals surface area contributed by atoms with Gasteiger partial charge in [-0.1, -0.05) is 0 Å². The average molecular weight is 229 g/mol. The highest BCUT2D eigenvalue weighted by Gasteiger charge is 2.16. The van der Waals surface area contributed by atoms with Gasteiger partial charge < -0.3 is 11.1 Å². The summed E-state index contributed by atoms with van der Waals surface area (Å²) in [5.41, 5.74) is 8.21. The van der Waals surface area contributed by atoms with Crippen LogP contribution in [0.5, 0.6) is 0 Å². The Bertz CT molecular complexity index is 527. The highest BCUT2D eigenvalue weighted by molar-refractivity contribution is 5.92. The molecule has 0 aliphatic heterocycles. The van der Waals surface area contributed by atoms with E-state index in [0.29, 0.717) is 17.1 Å². The second-order valence-corrected chi connectivity index (χ2v) is 4.07. The topological polar surface area (TPSA) is 80.6 Å². The molecule has 0 unspecified atom stereocenters. The van der Waals surface area contributed by atoms with Crippen molar-refractivity contribution in [1.82, 2.24) is 14.8 Å². The van der Waals surface area contributed by atoms with E-state index in [9.17, 15) is 0 Å². The van der Waals surface area contributed by atoms with Gasteiger partial charge in [-0.2, -0.15) is 5.10 Å². The molecule has 5 heteroatoms. The third-order valence-corrected chi connectivity index (χ3v) is 2.55. The number of nitrogens with one attached hydrogen (secondary N) is 1. The summed E-state index contributed by atoms with van der Waals surface area (Å²) in [6, 6.07) is 3.92. The van der Waals surface area contributed by atoms with E-state index in [4.69, 9.17) is 11.1 Å². The van der Waals surface area contributed by atoms with Gasteiger partial charge in [-0.15, -0.1) is 0 Å². The molecule has 0 aromatic carbocycles. The minimum Gasteiger partial charge on any atom is -0.383 e. The highest BCUT2D eigenvalue weighted by Crippen LogP contribution is 2.26. The number of aromatic nitrogens is 3. The first-order chi connectivity index (χ1) is 8.15. The molecule has 2 aromatic rings. The zero-order valence-corrected chi connectivity index (χ0v) is 9.88. The molecular formula is C12H15N5. The van der Waals surface area contributed by atoms with Gasteiger partial charge in [0.05, 0.1) is 5.56 Å². The largest absolute Gasteiger partial charge is 0.383 e. The molecule has 17 heavy (non-hydrogen) atoms. The fraction of sp³-hybridized carbons (Fsp3) is 0.250. The molecule has 0 atom stereocenters. The zero-order chi connectivity index (χ0) is 12.4. The summed E-state index contributed by atoms with van der Waals surface area (Å²) in [6.07, 6.45) is 4.67. The van der Waals surface area contributed by atoms with Gasteiger partial charge in [-0.05, 0) is 26.0 Å². The van der Waals surface area contributed by atoms with Gasteiger partial charge in [-0.3, -0.25) is 4.98 Å². The summed E-state index contributed by atoms with van der Waals surface area (Å²) in [6.45, 7) is 4.01. The number of rotatable bonds is 3. The van der Waals surface area contributed by atoms with E-state index in [0.717, 1.165) is 5.56 Å². The molecule has 0 spiro atoms. The number of anilines is 1. The van der Waals surface area contributed by atoms with E-state index in [1.54, 1.807) is 17.1 Å². The first-order valence-corrected chi connectivity index (χ1v) is 5.44. The Balaban J connectivity index is 2.62. The first-order valence-electron chi connectivity index (χ1n) is 5.44. The van der Waals surface area contributed by atoms with Crippen molar-refractivity contribution >= 4 is 12.0 Å². The summed E-state index contributed by atoms with van der Waals surface area (Å²) in [7, 11) is 0. The molecule has 0 saturated carbocycles. The number of nitrogens with two attached hydrogens (primary N) is 1. The van der Waals surface area contributed by atoms with Crippen LogP contribution < -0.4 is 5.73 Å². The van der Waals surface area contributed by atoms with Crippen LogP contribution in [0, 0.1) is 5.41 Å². The van der Waals surface area contributed by atoms with Gasteiger partial charge in [0.15, 0.2) is 0 Å². The molecule has 2 rings (SSSR count). The molecule has 0 aliphatic carbocycles. The van der Waals surface area contributed by atoms with Gasteiger partial charge in [0.1, 0.15) is 11.5 Å². The predicted octanol–water partition coefficient (Wildman–Crippen LogP) is 2.11. The summed E-state index contributed by atoms with van der Waals surface area (Å²) < 4.78 is 1.72. The van der Waals surface area contributed by atoms with Crippen LogP contribution in [0.2, 0.25) is 0 Å². The summed E-state index contributed by atoms with van der Waals surface area (Å²) in [5, 5.41) is 11.9. The van der Waals surface area contributed by atoms with Gasteiger partial charge >= 0.3 is 0 Å². The summed E-state index contributed by atoms with van der Waals surface area (Å²) >= 11 is 0. The summed E-state index contributed by atoms with van der Waals surface area (Å²) in [5.74, 6) is 0.522. The molecule has 5 nitrogen and oxygen atoms in total. The van der Waals surface area contributed by atoms with Gasteiger partial charge in [0.25, 0.3) is 0 Å². The third kappa shape index (κ3) is 1.91. The van der Waals surface area contributed by atoms with Gasteiger partial charge in [0.2, 0.25) is 0 Å². The van der Waals surface area contributed by atoms with E-state index in [-0.39, 0.29) is 6.04 Å². The molecule has 0 fully saturated rings. The Hall–Kier alpha value is -2.17. The average Bonchev–Trinajstić information content (AvgIpc) is 2.67. The van der Waals surface area contributed by atoms with E-state index >= 15 is 0 Å². The second-order valence-electron chi connectivity index (χ2n) is 4.07. The number of nitrogen functional groups attached to an aromatic ring is 1. The van der Waals surface area contributed by atoms with Crippen molar-refractivity contribution in [3.05, 3.63) is 30.1 Å². The van der Waals surface area contributed by atoms with Gasteiger partial charge in [0, 0.05) is 30.2 Å². The fourth-order valence-electron chi connectivity index (χ4n) is 1.71. The Labute approximate surface area is 99.8 Å². The quantitative estimate of drug-likeness (QED) is 0.791. The van der Waals surface area contributed by atoms with E-state index in [2.05, 4.69) is 10.1 Å². The van der Waals surface area contributed by atoms with Crippen LogP contribution in [0.4, 0.5) is 5.82 Å². The molecule has 0 aliphatic rings. The van der Waals surface area contributed by atoms with Crippen molar-refractivity contribution in [1.29, 1.82) is 5.41 Å². The number of nitrogens with zero attached hydrogens (tertiary/aromatic N) is 3. The Kier molecular flexibility index (Phi) is 2.91. The predicted molar refractivity (Wildman–Crippen MR) is 68.1 cm³/mol. The Morgan fingerprint density at radius 2 is 2.24 bits per heavy atom. The highest BCUT2D eigenvalue weighted by atomic mass is 15.3. The van der Waals surface area contributed by atoms with Crippen LogP contribution >= 0.6 is 0 Å². The lowest BCUT2D eigenvalue weighted by atomic mass is 10.1. The summed E-state index contributed by atoms with van der Waals surface area (Å²) in [4.78, 5) is 4.06. The van der Waals surface area contributed by atoms with Crippen molar-refractivity contribution in [3.8, 4) is 11.3 Å². The van der Waals surface area contributed by atoms with E-state index < -0.39 is 0 Å². The zero-order valence-electron chi connectivity index (χ0n) is 9.88. The molecule has 0 amide bonds. The van der Waals surface area contributed by atoms with Crippen molar-refractivity contribution in [2.45, 2.75) is 19.9 Å². The lowest BCUT2D eigenvalue weighted by molar-refractivity contribution is 0.542. The van der Waals surface area contributed by atoms with Crippen molar-refractivity contribution < 1.29 is 0 Å². The van der Waals surface area contributed by atoms with Crippen molar-refractivity contribution in [2.75, 3.05) is 5.73 Å². The van der Waals surface area contributed by atoms with Crippen LogP contribution in [0.3, 0.4) is 0 Å². The lowest BCUT2D eigenvalue weighted by Gasteiger charge is -2.06. The van der Waals surface area contributed by atoms with E-state index in [1.165, 1.54) is 6.21 Å². The standard InChI is InChI=1S/C12H15N5/c1-8(2)17-12(14)10(6-13)11(16-17)9-4-3-5-15-7-9/h3-8,13H,14H2,1-2H3. The minimum absolute atomic E-state index is 0.166. The lowest BCUT2D eigenvalue weighted by Crippen LogP contribution is -2.07. The smallest absolute Gasteiger partial charge is 0.131 e. The molecule has 0 bridgehead atoms. The molecule has 2 aromatic heterocycles. The van der Waals surface area contributed by atoms with Crippen LogP contribution in [0.25, 0.3) is 11.3 Å². The number of hydrogen-bond donors (Lipinski definition) is 2. The molecule has 0 saturated heterocycles. The molecule has 3 N–H and O–H groups in total. The number of hydrogen-bond acceptors (Lipinski definition) is 4.